The number of halogens is 1. The van der Waals surface area contributed by atoms with Crippen LogP contribution in [0.25, 0.3) is 10.1 Å². The first-order valence-electron chi connectivity index (χ1n) is 7.89. The molecule has 1 aromatic heterocycles. The molecule has 26 heavy (non-hydrogen) atoms. The van der Waals surface area contributed by atoms with Crippen molar-refractivity contribution in [3.8, 4) is 0 Å². The smallest absolute Gasteiger partial charge is 0.261 e. The minimum absolute atomic E-state index is 0.0568. The number of hydrogen-bond acceptors (Lipinski definition) is 4. The van der Waals surface area contributed by atoms with Crippen LogP contribution in [0.4, 0.5) is 4.39 Å². The van der Waals surface area contributed by atoms with Gasteiger partial charge in [0.15, 0.2) is 0 Å². The van der Waals surface area contributed by atoms with Gasteiger partial charge in [-0.25, -0.2) is 17.5 Å². The van der Waals surface area contributed by atoms with Crippen molar-refractivity contribution in [1.82, 2.24) is 10.0 Å². The molecule has 0 spiro atoms. The minimum Gasteiger partial charge on any atom is -0.350 e. The molecule has 0 saturated carbocycles. The van der Waals surface area contributed by atoms with Crippen molar-refractivity contribution in [3.63, 3.8) is 0 Å². The largest absolute Gasteiger partial charge is 0.350 e. The Hall–Kier alpha value is -2.29. The summed E-state index contributed by atoms with van der Waals surface area (Å²) in [5.41, 5.74) is 0.969. The van der Waals surface area contributed by atoms with Gasteiger partial charge in [0.25, 0.3) is 5.91 Å². The molecule has 8 heteroatoms. The van der Waals surface area contributed by atoms with Crippen LogP contribution in [0.5, 0.6) is 0 Å². The number of carbonyl (C=O) groups is 1. The quantitative estimate of drug-likeness (QED) is 0.633. The van der Waals surface area contributed by atoms with Crippen molar-refractivity contribution < 1.29 is 17.6 Å². The van der Waals surface area contributed by atoms with Crippen LogP contribution < -0.4 is 10.0 Å². The number of aryl methyl sites for hydroxylation is 1. The Kier molecular flexibility index (Phi) is 5.36. The van der Waals surface area contributed by atoms with Crippen molar-refractivity contribution in [2.45, 2.75) is 11.8 Å². The predicted octanol–water partition coefficient (Wildman–Crippen LogP) is 3.06. The van der Waals surface area contributed by atoms with Crippen molar-refractivity contribution in [2.24, 2.45) is 0 Å². The Bertz CT molecular complexity index is 1040. The van der Waals surface area contributed by atoms with E-state index < -0.39 is 10.0 Å². The molecule has 0 saturated heterocycles. The lowest BCUT2D eigenvalue weighted by atomic mass is 10.2. The lowest BCUT2D eigenvalue weighted by molar-refractivity contribution is 0.0958. The number of thiophene rings is 1. The van der Waals surface area contributed by atoms with Crippen LogP contribution in [-0.2, 0) is 10.0 Å². The summed E-state index contributed by atoms with van der Waals surface area (Å²) in [6.45, 7) is 2.06. The summed E-state index contributed by atoms with van der Waals surface area (Å²) in [4.78, 5) is 12.7. The lowest BCUT2D eigenvalue weighted by Gasteiger charge is -2.07. The first-order chi connectivity index (χ1) is 12.4. The molecule has 1 heterocycles. The van der Waals surface area contributed by atoms with Crippen LogP contribution in [0.2, 0.25) is 0 Å². The molecule has 136 valence electrons. The van der Waals surface area contributed by atoms with Gasteiger partial charge in [-0.1, -0.05) is 23.8 Å². The second kappa shape index (κ2) is 7.53. The average molecular weight is 392 g/mol. The maximum absolute atomic E-state index is 13.7. The monoisotopic (exact) mass is 392 g/mol. The fraction of sp³-hybridized carbons (Fsp3) is 0.167. The standard InChI is InChI=1S/C18H17FN2O3S2/c1-12-5-7-13(8-6-12)26(23,24)21-10-9-20-18(22)17-11-14-15(19)3-2-4-16(14)25-17/h2-8,11,21H,9-10H2,1H3,(H,20,22). The van der Waals surface area contributed by atoms with E-state index in [0.29, 0.717) is 15.0 Å². The second-order valence-corrected chi connectivity index (χ2v) is 8.58. The first kappa shape index (κ1) is 18.5. The maximum atomic E-state index is 13.7. The molecule has 0 fully saturated rings. The molecular weight excluding hydrogens is 375 g/mol. The fourth-order valence-corrected chi connectivity index (χ4v) is 4.41. The molecule has 3 rings (SSSR count). The summed E-state index contributed by atoms with van der Waals surface area (Å²) < 4.78 is 41.1. The molecule has 0 aliphatic carbocycles. The van der Waals surface area contributed by atoms with Crippen molar-refractivity contribution in [3.05, 3.63) is 64.8 Å². The SMILES string of the molecule is Cc1ccc(S(=O)(=O)NCCNC(=O)c2cc3c(F)cccc3s2)cc1. The number of nitrogens with one attached hydrogen (secondary N) is 2. The Morgan fingerprint density at radius 2 is 1.85 bits per heavy atom. The summed E-state index contributed by atoms with van der Waals surface area (Å²) in [5, 5.41) is 3.04. The molecule has 2 aromatic carbocycles. The topological polar surface area (TPSA) is 75.3 Å². The third kappa shape index (κ3) is 4.09. The second-order valence-electron chi connectivity index (χ2n) is 5.73. The number of amides is 1. The van der Waals surface area contributed by atoms with Gasteiger partial charge in [0.2, 0.25) is 10.0 Å². The van der Waals surface area contributed by atoms with Crippen LogP contribution >= 0.6 is 11.3 Å². The zero-order chi connectivity index (χ0) is 18.7. The molecule has 2 N–H and O–H groups in total. The first-order valence-corrected chi connectivity index (χ1v) is 10.2. The predicted molar refractivity (Wildman–Crippen MR) is 100 cm³/mol. The summed E-state index contributed by atoms with van der Waals surface area (Å²) >= 11 is 1.19. The Labute approximate surface area is 154 Å². The van der Waals surface area contributed by atoms with E-state index in [1.165, 1.54) is 35.6 Å². The van der Waals surface area contributed by atoms with E-state index in [2.05, 4.69) is 10.0 Å². The molecule has 0 aliphatic rings. The van der Waals surface area contributed by atoms with Gasteiger partial charge in [0, 0.05) is 23.2 Å². The molecule has 0 aliphatic heterocycles. The molecular formula is C18H17FN2O3S2. The van der Waals surface area contributed by atoms with Gasteiger partial charge in [-0.05, 0) is 37.3 Å². The highest BCUT2D eigenvalue weighted by Gasteiger charge is 2.14. The van der Waals surface area contributed by atoms with Crippen LogP contribution in [0.3, 0.4) is 0 Å². The summed E-state index contributed by atoms with van der Waals surface area (Å²) in [6, 6.07) is 12.7. The molecule has 5 nitrogen and oxygen atoms in total. The lowest BCUT2D eigenvalue weighted by Crippen LogP contribution is -2.34. The molecule has 0 atom stereocenters. The number of fused-ring (bicyclic) bond motifs is 1. The molecule has 0 unspecified atom stereocenters. The average Bonchev–Trinajstić information content (AvgIpc) is 3.05. The maximum Gasteiger partial charge on any atom is 0.261 e. The van der Waals surface area contributed by atoms with Gasteiger partial charge in [-0.3, -0.25) is 4.79 Å². The van der Waals surface area contributed by atoms with Gasteiger partial charge in [-0.2, -0.15) is 0 Å². The fourth-order valence-electron chi connectivity index (χ4n) is 2.39. The summed E-state index contributed by atoms with van der Waals surface area (Å²) in [7, 11) is -3.61. The van der Waals surface area contributed by atoms with Gasteiger partial charge in [-0.15, -0.1) is 11.3 Å². The van der Waals surface area contributed by atoms with E-state index in [4.69, 9.17) is 0 Å². The van der Waals surface area contributed by atoms with Crippen LogP contribution in [-0.4, -0.2) is 27.4 Å². The van der Waals surface area contributed by atoms with E-state index >= 15 is 0 Å². The van der Waals surface area contributed by atoms with E-state index in [0.717, 1.165) is 5.56 Å². The van der Waals surface area contributed by atoms with Gasteiger partial charge >= 0.3 is 0 Å². The number of carbonyl (C=O) groups excluding carboxylic acids is 1. The van der Waals surface area contributed by atoms with Gasteiger partial charge < -0.3 is 5.32 Å². The van der Waals surface area contributed by atoms with Gasteiger partial charge in [0.1, 0.15) is 5.82 Å². The Balaban J connectivity index is 1.56. The highest BCUT2D eigenvalue weighted by atomic mass is 32.2. The highest BCUT2D eigenvalue weighted by Crippen LogP contribution is 2.27. The zero-order valence-electron chi connectivity index (χ0n) is 14.0. The van der Waals surface area contributed by atoms with Crippen LogP contribution in [0, 0.1) is 12.7 Å². The number of rotatable bonds is 6. The third-order valence-electron chi connectivity index (χ3n) is 3.77. The van der Waals surface area contributed by atoms with Gasteiger partial charge in [0.05, 0.1) is 9.77 Å². The number of sulfonamides is 1. The number of benzene rings is 2. The Morgan fingerprint density at radius 1 is 1.12 bits per heavy atom. The van der Waals surface area contributed by atoms with E-state index in [-0.39, 0.29) is 29.7 Å². The van der Waals surface area contributed by atoms with E-state index in [1.807, 2.05) is 6.92 Å². The van der Waals surface area contributed by atoms with E-state index in [9.17, 15) is 17.6 Å². The van der Waals surface area contributed by atoms with Crippen LogP contribution in [0.15, 0.2) is 53.4 Å². The van der Waals surface area contributed by atoms with Crippen molar-refractivity contribution >= 4 is 37.4 Å². The van der Waals surface area contributed by atoms with Crippen LogP contribution in [0.1, 0.15) is 15.2 Å². The Morgan fingerprint density at radius 3 is 2.54 bits per heavy atom. The number of hydrogen-bond donors (Lipinski definition) is 2. The molecule has 1 amide bonds. The molecule has 3 aromatic rings. The summed E-state index contributed by atoms with van der Waals surface area (Å²) in [5.74, 6) is -0.733. The van der Waals surface area contributed by atoms with Crippen molar-refractivity contribution in [2.75, 3.05) is 13.1 Å². The van der Waals surface area contributed by atoms with Crippen molar-refractivity contribution in [1.29, 1.82) is 0 Å². The third-order valence-corrected chi connectivity index (χ3v) is 6.34. The minimum atomic E-state index is -3.61. The highest BCUT2D eigenvalue weighted by molar-refractivity contribution is 7.89. The zero-order valence-corrected chi connectivity index (χ0v) is 15.6. The molecule has 0 bridgehead atoms. The molecule has 0 radical (unpaired) electrons. The normalized spacial score (nSPS) is 11.6. The van der Waals surface area contributed by atoms with E-state index in [1.54, 1.807) is 24.3 Å². The summed E-state index contributed by atoms with van der Waals surface area (Å²) in [6.07, 6.45) is 0.